The second-order valence-corrected chi connectivity index (χ2v) is 6.63. The molecule has 7 nitrogen and oxygen atoms in total. The lowest BCUT2D eigenvalue weighted by Crippen LogP contribution is -2.42. The monoisotopic (exact) mass is 348 g/mol. The highest BCUT2D eigenvalue weighted by Gasteiger charge is 2.20. The molecule has 0 saturated carbocycles. The maximum atomic E-state index is 5.10. The summed E-state index contributed by atoms with van der Waals surface area (Å²) in [6, 6.07) is 4.57. The van der Waals surface area contributed by atoms with E-state index in [1.54, 1.807) is 18.9 Å². The van der Waals surface area contributed by atoms with E-state index in [2.05, 4.69) is 36.4 Å². The van der Waals surface area contributed by atoms with Crippen molar-refractivity contribution in [3.63, 3.8) is 0 Å². The summed E-state index contributed by atoms with van der Waals surface area (Å²) in [6.45, 7) is 3.38. The number of aromatic nitrogens is 4. The van der Waals surface area contributed by atoms with Gasteiger partial charge < -0.3 is 15.0 Å². The Bertz CT molecular complexity index is 641. The highest BCUT2D eigenvalue weighted by molar-refractivity contribution is 7.98. The summed E-state index contributed by atoms with van der Waals surface area (Å²) in [4.78, 5) is 11.2. The van der Waals surface area contributed by atoms with Gasteiger partial charge in [0.25, 0.3) is 0 Å². The van der Waals surface area contributed by atoms with E-state index in [9.17, 15) is 0 Å². The van der Waals surface area contributed by atoms with Crippen molar-refractivity contribution in [1.82, 2.24) is 25.5 Å². The van der Waals surface area contributed by atoms with E-state index in [1.165, 1.54) is 0 Å². The van der Waals surface area contributed by atoms with Gasteiger partial charge in [-0.2, -0.15) is 5.10 Å². The molecular weight excluding hydrogens is 324 g/mol. The Kier molecular flexibility index (Phi) is 6.06. The molecule has 2 N–H and O–H groups in total. The molecule has 0 spiro atoms. The van der Waals surface area contributed by atoms with Crippen LogP contribution in [0.3, 0.4) is 0 Å². The number of ether oxygens (including phenoxy) is 1. The van der Waals surface area contributed by atoms with E-state index in [4.69, 9.17) is 4.74 Å². The van der Waals surface area contributed by atoms with Crippen LogP contribution < -0.4 is 10.2 Å². The molecule has 2 aromatic rings. The number of nitrogens with zero attached hydrogens (tertiary/aromatic N) is 4. The largest absolute Gasteiger partial charge is 0.378 e. The summed E-state index contributed by atoms with van der Waals surface area (Å²) in [6.07, 6.45) is 6.05. The average molecular weight is 348 g/mol. The molecule has 1 saturated heterocycles. The molecule has 1 aliphatic rings. The van der Waals surface area contributed by atoms with Crippen LogP contribution in [0.15, 0.2) is 23.5 Å². The summed E-state index contributed by atoms with van der Waals surface area (Å²) in [5, 5.41) is 11.7. The first-order chi connectivity index (χ1) is 11.8. The molecule has 0 amide bonds. The highest BCUT2D eigenvalue weighted by Crippen LogP contribution is 2.20. The average Bonchev–Trinajstić information content (AvgIpc) is 3.08. The van der Waals surface area contributed by atoms with Crippen molar-refractivity contribution < 1.29 is 4.74 Å². The fourth-order valence-electron chi connectivity index (χ4n) is 2.90. The Hall–Kier alpha value is -1.64. The third-order valence-electron chi connectivity index (χ3n) is 4.18. The maximum Gasteiger partial charge on any atom is 0.189 e. The Balaban J connectivity index is 1.46. The summed E-state index contributed by atoms with van der Waals surface area (Å²) >= 11 is 1.58. The fraction of sp³-hybridized carbons (Fsp3) is 0.562. The SMILES string of the molecule is COCc1cc(CNC2CCN(c3ccnc(SC)n3)CC2)n[nH]1. The maximum absolute atomic E-state index is 5.10. The van der Waals surface area contributed by atoms with Gasteiger partial charge in [0.1, 0.15) is 5.82 Å². The van der Waals surface area contributed by atoms with Gasteiger partial charge in [-0.1, -0.05) is 11.8 Å². The van der Waals surface area contributed by atoms with Gasteiger partial charge in [-0.3, -0.25) is 5.10 Å². The first kappa shape index (κ1) is 17.2. The van der Waals surface area contributed by atoms with Crippen molar-refractivity contribution in [2.24, 2.45) is 0 Å². The lowest BCUT2D eigenvalue weighted by atomic mass is 10.0. The number of hydrogen-bond donors (Lipinski definition) is 2. The smallest absolute Gasteiger partial charge is 0.189 e. The highest BCUT2D eigenvalue weighted by atomic mass is 32.2. The van der Waals surface area contributed by atoms with Crippen molar-refractivity contribution in [2.75, 3.05) is 31.4 Å². The van der Waals surface area contributed by atoms with Crippen molar-refractivity contribution in [1.29, 1.82) is 0 Å². The van der Waals surface area contributed by atoms with E-state index in [0.717, 1.165) is 54.8 Å². The zero-order chi connectivity index (χ0) is 16.8. The van der Waals surface area contributed by atoms with Crippen LogP contribution in [0.2, 0.25) is 0 Å². The Morgan fingerprint density at radius 3 is 3.00 bits per heavy atom. The quantitative estimate of drug-likeness (QED) is 0.584. The molecule has 0 aliphatic carbocycles. The lowest BCUT2D eigenvalue weighted by molar-refractivity contribution is 0.181. The van der Waals surface area contributed by atoms with Gasteiger partial charge in [-0.15, -0.1) is 0 Å². The first-order valence-corrected chi connectivity index (χ1v) is 9.38. The van der Waals surface area contributed by atoms with Gasteiger partial charge in [0.15, 0.2) is 5.16 Å². The molecule has 3 rings (SSSR count). The van der Waals surface area contributed by atoms with Crippen LogP contribution in [0.1, 0.15) is 24.2 Å². The molecule has 0 atom stereocenters. The van der Waals surface area contributed by atoms with E-state index >= 15 is 0 Å². The second-order valence-electron chi connectivity index (χ2n) is 5.86. The number of anilines is 1. The normalized spacial score (nSPS) is 15.8. The summed E-state index contributed by atoms with van der Waals surface area (Å²) in [5.41, 5.74) is 2.04. The number of H-pyrrole nitrogens is 1. The van der Waals surface area contributed by atoms with Crippen LogP contribution in [0, 0.1) is 0 Å². The molecule has 0 unspecified atom stereocenters. The minimum absolute atomic E-state index is 0.519. The fourth-order valence-corrected chi connectivity index (χ4v) is 3.25. The summed E-state index contributed by atoms with van der Waals surface area (Å²) in [5.74, 6) is 1.03. The molecule has 2 aromatic heterocycles. The Labute approximate surface area is 146 Å². The van der Waals surface area contributed by atoms with Crippen LogP contribution in [-0.4, -0.2) is 52.7 Å². The van der Waals surface area contributed by atoms with Crippen molar-refractivity contribution >= 4 is 17.6 Å². The number of rotatable bonds is 7. The van der Waals surface area contributed by atoms with Gasteiger partial charge in [-0.05, 0) is 31.2 Å². The van der Waals surface area contributed by atoms with Crippen LogP contribution in [-0.2, 0) is 17.9 Å². The van der Waals surface area contributed by atoms with Crippen molar-refractivity contribution in [3.05, 3.63) is 29.7 Å². The summed E-state index contributed by atoms with van der Waals surface area (Å²) < 4.78 is 5.10. The molecule has 1 fully saturated rings. The lowest BCUT2D eigenvalue weighted by Gasteiger charge is -2.33. The number of thioether (sulfide) groups is 1. The van der Waals surface area contributed by atoms with Crippen molar-refractivity contribution in [3.8, 4) is 0 Å². The van der Waals surface area contributed by atoms with Crippen molar-refractivity contribution in [2.45, 2.75) is 37.2 Å². The Morgan fingerprint density at radius 1 is 1.42 bits per heavy atom. The molecule has 130 valence electrons. The predicted molar refractivity (Wildman–Crippen MR) is 95.2 cm³/mol. The molecule has 0 radical (unpaired) electrons. The van der Waals surface area contributed by atoms with Gasteiger partial charge in [0, 0.05) is 39.0 Å². The minimum atomic E-state index is 0.519. The van der Waals surface area contributed by atoms with Crippen LogP contribution in [0.5, 0.6) is 0 Å². The molecular formula is C16H24N6OS. The predicted octanol–water partition coefficient (Wildman–Crippen LogP) is 1.83. The van der Waals surface area contributed by atoms with Gasteiger partial charge in [0.2, 0.25) is 0 Å². The number of piperidine rings is 1. The summed E-state index contributed by atoms with van der Waals surface area (Å²) in [7, 11) is 1.69. The van der Waals surface area contributed by atoms with E-state index < -0.39 is 0 Å². The number of hydrogen-bond acceptors (Lipinski definition) is 7. The van der Waals surface area contributed by atoms with Gasteiger partial charge >= 0.3 is 0 Å². The first-order valence-electron chi connectivity index (χ1n) is 8.16. The molecule has 0 aromatic carbocycles. The standard InChI is InChI=1S/C16H24N6OS/c1-23-11-14-9-13(20-21-14)10-18-12-4-7-22(8-5-12)15-3-6-17-16(19-15)24-2/h3,6,9,12,18H,4-5,7-8,10-11H2,1-2H3,(H,20,21). The molecule has 1 aliphatic heterocycles. The Morgan fingerprint density at radius 2 is 2.25 bits per heavy atom. The molecule has 3 heterocycles. The zero-order valence-electron chi connectivity index (χ0n) is 14.2. The van der Waals surface area contributed by atoms with Gasteiger partial charge in [-0.25, -0.2) is 9.97 Å². The van der Waals surface area contributed by atoms with Crippen LogP contribution >= 0.6 is 11.8 Å². The third kappa shape index (κ3) is 4.46. The topological polar surface area (TPSA) is 79.0 Å². The minimum Gasteiger partial charge on any atom is -0.378 e. The zero-order valence-corrected chi connectivity index (χ0v) is 15.0. The second kappa shape index (κ2) is 8.46. The number of aromatic amines is 1. The van der Waals surface area contributed by atoms with E-state index in [-0.39, 0.29) is 0 Å². The molecule has 24 heavy (non-hydrogen) atoms. The molecule has 8 heteroatoms. The van der Waals surface area contributed by atoms with Crippen LogP contribution in [0.25, 0.3) is 0 Å². The van der Waals surface area contributed by atoms with Gasteiger partial charge in [0.05, 0.1) is 18.0 Å². The van der Waals surface area contributed by atoms with Crippen LogP contribution in [0.4, 0.5) is 5.82 Å². The van der Waals surface area contributed by atoms with E-state index in [0.29, 0.717) is 12.6 Å². The number of methoxy groups -OCH3 is 1. The third-order valence-corrected chi connectivity index (χ3v) is 4.74. The molecule has 0 bridgehead atoms. The van der Waals surface area contributed by atoms with E-state index in [1.807, 2.05) is 18.5 Å². The number of nitrogens with one attached hydrogen (secondary N) is 2.